The molecule has 0 saturated heterocycles. The van der Waals surface area contributed by atoms with Gasteiger partial charge in [-0.3, -0.25) is 9.78 Å². The van der Waals surface area contributed by atoms with Crippen LogP contribution in [0.2, 0.25) is 0 Å². The van der Waals surface area contributed by atoms with Gasteiger partial charge in [0.25, 0.3) is 0 Å². The Hall–Kier alpha value is -1.76. The molecule has 0 spiro atoms. The van der Waals surface area contributed by atoms with E-state index in [0.717, 1.165) is 6.07 Å². The molecule has 0 fully saturated rings. The Morgan fingerprint density at radius 3 is 2.45 bits per heavy atom. The number of pyridine rings is 1. The van der Waals surface area contributed by atoms with Crippen molar-refractivity contribution in [1.82, 2.24) is 4.98 Å². The van der Waals surface area contributed by atoms with E-state index in [2.05, 4.69) is 20.9 Å². The first-order valence-electron chi connectivity index (χ1n) is 5.32. The number of nitrogens with zero attached hydrogens (tertiary/aromatic N) is 1. The van der Waals surface area contributed by atoms with Gasteiger partial charge in [0.15, 0.2) is 0 Å². The topological polar surface area (TPSA) is 30.0 Å². The van der Waals surface area contributed by atoms with Crippen LogP contribution in [0.25, 0.3) is 0 Å². The zero-order valence-electron chi connectivity index (χ0n) is 9.71. The second-order valence-corrected chi connectivity index (χ2v) is 4.71. The lowest BCUT2D eigenvalue weighted by Crippen LogP contribution is -2.11. The van der Waals surface area contributed by atoms with Crippen molar-refractivity contribution in [3.05, 3.63) is 63.6 Å². The molecule has 1 aromatic carbocycles. The van der Waals surface area contributed by atoms with Gasteiger partial charge in [0.1, 0.15) is 11.5 Å². The van der Waals surface area contributed by atoms with E-state index in [4.69, 9.17) is 0 Å². The molecule has 0 unspecified atom stereocenters. The third kappa shape index (κ3) is 2.87. The summed E-state index contributed by atoms with van der Waals surface area (Å²) >= 11 is 3.10. The number of rotatable bonds is 2. The fourth-order valence-corrected chi connectivity index (χ4v) is 2.01. The van der Waals surface area contributed by atoms with Crippen LogP contribution >= 0.6 is 15.9 Å². The van der Waals surface area contributed by atoms with Crippen LogP contribution in [0.15, 0.2) is 41.0 Å². The van der Waals surface area contributed by atoms with Gasteiger partial charge < -0.3 is 0 Å². The summed E-state index contributed by atoms with van der Waals surface area (Å²) in [5, 5.41) is 0. The van der Waals surface area contributed by atoms with Crippen LogP contribution in [0.4, 0.5) is 17.6 Å². The molecule has 0 radical (unpaired) electrons. The average Bonchev–Trinajstić information content (AvgIpc) is 2.37. The number of carbonyl (C=O) groups is 1. The highest BCUT2D eigenvalue weighted by molar-refractivity contribution is 9.10. The Balaban J connectivity index is 2.43. The van der Waals surface area contributed by atoms with Crippen LogP contribution in [0, 0.1) is 5.82 Å². The van der Waals surface area contributed by atoms with Gasteiger partial charge in [-0.1, -0.05) is 6.07 Å². The fraction of sp³-hybridized carbons (Fsp3) is 0.0769. The van der Waals surface area contributed by atoms with Crippen molar-refractivity contribution in [3.63, 3.8) is 0 Å². The normalized spacial score (nSPS) is 11.4. The van der Waals surface area contributed by atoms with E-state index in [-0.39, 0.29) is 11.3 Å². The molecule has 0 aliphatic heterocycles. The standard InChI is InChI=1S/C13H6BrF4NO/c14-9-2-1-5-19-11(9)12(20)7-3-4-8(10(15)6-7)13(16,17)18/h1-6H. The molecule has 1 aromatic heterocycles. The largest absolute Gasteiger partial charge is 0.419 e. The number of carbonyl (C=O) groups excluding carboxylic acids is 1. The summed E-state index contributed by atoms with van der Waals surface area (Å²) in [5.74, 6) is -2.15. The Labute approximate surface area is 119 Å². The highest BCUT2D eigenvalue weighted by Gasteiger charge is 2.34. The van der Waals surface area contributed by atoms with Crippen molar-refractivity contribution < 1.29 is 22.4 Å². The first kappa shape index (κ1) is 14.6. The third-order valence-electron chi connectivity index (χ3n) is 2.51. The van der Waals surface area contributed by atoms with Crippen LogP contribution in [0.5, 0.6) is 0 Å². The lowest BCUT2D eigenvalue weighted by molar-refractivity contribution is -0.140. The number of hydrogen-bond donors (Lipinski definition) is 0. The molecule has 104 valence electrons. The highest BCUT2D eigenvalue weighted by atomic mass is 79.9. The Bertz CT molecular complexity index is 670. The molecular weight excluding hydrogens is 342 g/mol. The quantitative estimate of drug-likeness (QED) is 0.601. The number of aromatic nitrogens is 1. The highest BCUT2D eigenvalue weighted by Crippen LogP contribution is 2.32. The monoisotopic (exact) mass is 347 g/mol. The van der Waals surface area contributed by atoms with Crippen LogP contribution < -0.4 is 0 Å². The van der Waals surface area contributed by atoms with Gasteiger partial charge in [0.2, 0.25) is 5.78 Å². The summed E-state index contributed by atoms with van der Waals surface area (Å²) < 4.78 is 51.1. The van der Waals surface area contributed by atoms with Crippen molar-refractivity contribution in [3.8, 4) is 0 Å². The number of benzene rings is 1. The van der Waals surface area contributed by atoms with Crippen molar-refractivity contribution in [1.29, 1.82) is 0 Å². The molecule has 0 amide bonds. The lowest BCUT2D eigenvalue weighted by Gasteiger charge is -2.09. The first-order valence-corrected chi connectivity index (χ1v) is 6.12. The van der Waals surface area contributed by atoms with Gasteiger partial charge in [-0.25, -0.2) is 4.39 Å². The van der Waals surface area contributed by atoms with Gasteiger partial charge in [0.05, 0.1) is 5.56 Å². The minimum Gasteiger partial charge on any atom is -0.287 e. The van der Waals surface area contributed by atoms with E-state index < -0.39 is 23.3 Å². The summed E-state index contributed by atoms with van der Waals surface area (Å²) in [4.78, 5) is 15.9. The van der Waals surface area contributed by atoms with E-state index in [9.17, 15) is 22.4 Å². The minimum absolute atomic E-state index is 0.00617. The van der Waals surface area contributed by atoms with Crippen LogP contribution in [0.3, 0.4) is 0 Å². The van der Waals surface area contributed by atoms with Gasteiger partial charge in [-0.2, -0.15) is 13.2 Å². The molecule has 2 rings (SSSR count). The third-order valence-corrected chi connectivity index (χ3v) is 3.15. The van der Waals surface area contributed by atoms with Crippen LogP contribution in [0.1, 0.15) is 21.6 Å². The van der Waals surface area contributed by atoms with Crippen molar-refractivity contribution >= 4 is 21.7 Å². The summed E-state index contributed by atoms with van der Waals surface area (Å²) in [6.07, 6.45) is -3.43. The molecule has 2 aromatic rings. The molecule has 7 heteroatoms. The lowest BCUT2D eigenvalue weighted by atomic mass is 10.0. The molecule has 0 atom stereocenters. The molecule has 1 heterocycles. The molecule has 0 aliphatic rings. The van der Waals surface area contributed by atoms with E-state index in [1.807, 2.05) is 0 Å². The van der Waals surface area contributed by atoms with Crippen LogP contribution in [-0.4, -0.2) is 10.8 Å². The summed E-state index contributed by atoms with van der Waals surface area (Å²) in [7, 11) is 0. The first-order chi connectivity index (χ1) is 9.30. The number of halogens is 5. The van der Waals surface area contributed by atoms with E-state index in [0.29, 0.717) is 16.6 Å². The van der Waals surface area contributed by atoms with Gasteiger partial charge in [0, 0.05) is 16.2 Å². The molecular formula is C13H6BrF4NO. The predicted octanol–water partition coefficient (Wildman–Crippen LogP) is 4.23. The number of hydrogen-bond acceptors (Lipinski definition) is 2. The van der Waals surface area contributed by atoms with E-state index >= 15 is 0 Å². The maximum atomic E-state index is 13.4. The van der Waals surface area contributed by atoms with Gasteiger partial charge in [-0.05, 0) is 40.2 Å². The van der Waals surface area contributed by atoms with Gasteiger partial charge >= 0.3 is 6.18 Å². The minimum atomic E-state index is -4.79. The Morgan fingerprint density at radius 2 is 1.90 bits per heavy atom. The zero-order chi connectivity index (χ0) is 14.9. The Kier molecular flexibility index (Phi) is 3.89. The van der Waals surface area contributed by atoms with Gasteiger partial charge in [-0.15, -0.1) is 0 Å². The molecule has 0 bridgehead atoms. The smallest absolute Gasteiger partial charge is 0.287 e. The second kappa shape index (κ2) is 5.32. The maximum absolute atomic E-state index is 13.4. The van der Waals surface area contributed by atoms with Crippen molar-refractivity contribution in [2.45, 2.75) is 6.18 Å². The summed E-state index contributed by atoms with van der Waals surface area (Å²) in [5.41, 5.74) is -1.60. The SMILES string of the molecule is O=C(c1ccc(C(F)(F)F)c(F)c1)c1ncccc1Br. The van der Waals surface area contributed by atoms with Crippen molar-refractivity contribution in [2.24, 2.45) is 0 Å². The number of ketones is 1. The van der Waals surface area contributed by atoms with E-state index in [1.165, 1.54) is 6.20 Å². The van der Waals surface area contributed by atoms with E-state index in [1.54, 1.807) is 12.1 Å². The average molecular weight is 348 g/mol. The number of alkyl halides is 3. The van der Waals surface area contributed by atoms with Crippen molar-refractivity contribution in [2.75, 3.05) is 0 Å². The molecule has 0 saturated carbocycles. The predicted molar refractivity (Wildman–Crippen MR) is 66.8 cm³/mol. The second-order valence-electron chi connectivity index (χ2n) is 3.86. The maximum Gasteiger partial charge on any atom is 0.419 e. The summed E-state index contributed by atoms with van der Waals surface area (Å²) in [6, 6.07) is 5.16. The molecule has 20 heavy (non-hydrogen) atoms. The summed E-state index contributed by atoms with van der Waals surface area (Å²) in [6.45, 7) is 0. The fourth-order valence-electron chi connectivity index (χ4n) is 1.58. The molecule has 0 N–H and O–H groups in total. The molecule has 0 aliphatic carbocycles. The molecule has 2 nitrogen and oxygen atoms in total. The van der Waals surface area contributed by atoms with Crippen LogP contribution in [-0.2, 0) is 6.18 Å². The Morgan fingerprint density at radius 1 is 1.20 bits per heavy atom. The zero-order valence-corrected chi connectivity index (χ0v) is 11.3.